The number of halogens is 5. The van der Waals surface area contributed by atoms with Gasteiger partial charge in [0.15, 0.2) is 0 Å². The SMILES string of the molecule is C[C@@H](NC(=O)c1cn(C23CC(C2)C3)c(=O)cc1N[C@H]1[C@@H]2CN(C(=O)OC(C)(C)C)C[C@@H]21)c1cccc(S(F)(F)(F)(F)F)c1. The van der Waals surface area contributed by atoms with Gasteiger partial charge in [-0.25, -0.2) is 4.79 Å². The Morgan fingerprint density at radius 3 is 2.21 bits per heavy atom. The molecule has 2 heterocycles. The van der Waals surface area contributed by atoms with Crippen LogP contribution in [0.5, 0.6) is 0 Å². The van der Waals surface area contributed by atoms with E-state index in [0.29, 0.717) is 31.1 Å². The molecular formula is C29H35F5N4O4S. The van der Waals surface area contributed by atoms with Crippen LogP contribution in [-0.2, 0) is 10.3 Å². The molecule has 236 valence electrons. The zero-order valence-corrected chi connectivity index (χ0v) is 25.0. The number of amides is 2. The zero-order chi connectivity index (χ0) is 31.4. The molecule has 4 atom stereocenters. The molecule has 0 spiro atoms. The minimum absolute atomic E-state index is 0.0945. The van der Waals surface area contributed by atoms with E-state index in [9.17, 15) is 33.8 Å². The second-order valence-electron chi connectivity index (χ2n) is 13.6. The van der Waals surface area contributed by atoms with Crippen molar-refractivity contribution in [3.63, 3.8) is 0 Å². The summed E-state index contributed by atoms with van der Waals surface area (Å²) in [5, 5.41) is 5.93. The molecule has 1 aliphatic heterocycles. The third kappa shape index (κ3) is 5.58. The maximum Gasteiger partial charge on any atom is 0.410 e. The summed E-state index contributed by atoms with van der Waals surface area (Å²) in [7, 11) is -9.91. The fraction of sp³-hybridized carbons (Fsp3) is 0.552. The number of anilines is 1. The van der Waals surface area contributed by atoms with E-state index >= 15 is 0 Å². The summed E-state index contributed by atoms with van der Waals surface area (Å²) in [6.07, 6.45) is 3.61. The minimum Gasteiger partial charge on any atom is -0.444 e. The lowest BCUT2D eigenvalue weighted by atomic mass is 9.49. The molecule has 4 saturated carbocycles. The number of piperidine rings is 1. The topological polar surface area (TPSA) is 92.7 Å². The fourth-order valence-corrected chi connectivity index (χ4v) is 7.40. The molecule has 8 nitrogen and oxygen atoms in total. The molecule has 0 unspecified atom stereocenters. The number of rotatable bonds is 7. The van der Waals surface area contributed by atoms with Crippen molar-refractivity contribution >= 4 is 27.9 Å². The van der Waals surface area contributed by atoms with Crippen molar-refractivity contribution in [1.82, 2.24) is 14.8 Å². The molecule has 1 aromatic carbocycles. The lowest BCUT2D eigenvalue weighted by Gasteiger charge is -2.62. The van der Waals surface area contributed by atoms with E-state index in [-0.39, 0.29) is 45.8 Å². The molecule has 5 aliphatic rings. The highest BCUT2D eigenvalue weighted by Crippen LogP contribution is 3.02. The molecule has 14 heteroatoms. The minimum atomic E-state index is -9.91. The summed E-state index contributed by atoms with van der Waals surface area (Å²) in [6, 6.07) is 3.03. The zero-order valence-electron chi connectivity index (χ0n) is 24.2. The van der Waals surface area contributed by atoms with Gasteiger partial charge in [-0.2, -0.15) is 0 Å². The maximum absolute atomic E-state index is 13.6. The van der Waals surface area contributed by atoms with E-state index in [2.05, 4.69) is 10.6 Å². The van der Waals surface area contributed by atoms with Crippen molar-refractivity contribution in [3.8, 4) is 0 Å². The second kappa shape index (κ2) is 8.66. The van der Waals surface area contributed by atoms with Gasteiger partial charge in [0.25, 0.3) is 11.5 Å². The van der Waals surface area contributed by atoms with Crippen molar-refractivity contribution in [1.29, 1.82) is 0 Å². The predicted octanol–water partition coefficient (Wildman–Crippen LogP) is 6.78. The quantitative estimate of drug-likeness (QED) is 0.329. The van der Waals surface area contributed by atoms with Gasteiger partial charge in [-0.15, -0.1) is 0 Å². The van der Waals surface area contributed by atoms with Crippen LogP contribution >= 0.6 is 10.2 Å². The van der Waals surface area contributed by atoms with Crippen LogP contribution in [-0.4, -0.2) is 46.2 Å². The van der Waals surface area contributed by atoms with Crippen LogP contribution < -0.4 is 16.2 Å². The summed E-state index contributed by atoms with van der Waals surface area (Å²) in [4.78, 5) is 38.8. The molecule has 1 saturated heterocycles. The number of carbonyl (C=O) groups excluding carboxylic acids is 2. The van der Waals surface area contributed by atoms with Gasteiger partial charge >= 0.3 is 16.3 Å². The monoisotopic (exact) mass is 630 g/mol. The van der Waals surface area contributed by atoms with Gasteiger partial charge in [0, 0.05) is 48.8 Å². The third-order valence-corrected chi connectivity index (χ3v) is 10.3. The molecular weight excluding hydrogens is 595 g/mol. The van der Waals surface area contributed by atoms with Crippen LogP contribution in [0, 0.1) is 17.8 Å². The molecule has 5 fully saturated rings. The van der Waals surface area contributed by atoms with Crippen LogP contribution in [0.3, 0.4) is 0 Å². The molecule has 2 amide bonds. The predicted molar refractivity (Wildman–Crippen MR) is 152 cm³/mol. The highest BCUT2D eigenvalue weighted by atomic mass is 32.5. The number of pyridine rings is 1. The number of hydrogen-bond donors (Lipinski definition) is 2. The van der Waals surface area contributed by atoms with Crippen LogP contribution in [0.25, 0.3) is 0 Å². The lowest BCUT2D eigenvalue weighted by Crippen LogP contribution is -2.62. The van der Waals surface area contributed by atoms with Gasteiger partial charge in [0.2, 0.25) is 0 Å². The Balaban J connectivity index is 1.22. The Hall–Kier alpha value is -3.29. The first kappa shape index (κ1) is 29.8. The highest BCUT2D eigenvalue weighted by molar-refractivity contribution is 8.45. The number of benzene rings is 1. The van der Waals surface area contributed by atoms with E-state index in [1.807, 2.05) is 0 Å². The number of nitrogens with zero attached hydrogens (tertiary/aromatic N) is 2. The van der Waals surface area contributed by atoms with Crippen molar-refractivity contribution < 1.29 is 33.8 Å². The Bertz CT molecular complexity index is 1560. The van der Waals surface area contributed by atoms with Crippen LogP contribution in [0.15, 0.2) is 46.2 Å². The maximum atomic E-state index is 13.6. The molecule has 7 rings (SSSR count). The molecule has 2 bridgehead atoms. The summed E-state index contributed by atoms with van der Waals surface area (Å²) >= 11 is 0. The third-order valence-electron chi connectivity index (χ3n) is 9.13. The lowest BCUT2D eigenvalue weighted by molar-refractivity contribution is -0.0914. The average molecular weight is 631 g/mol. The first-order valence-corrected chi connectivity index (χ1v) is 16.2. The number of carbonyl (C=O) groups is 2. The van der Waals surface area contributed by atoms with Crippen molar-refractivity contribution in [3.05, 3.63) is 58.0 Å². The standard InChI is InChI=1S/C29H35F5N4O4S/c1-16(18-6-5-7-19(8-18)43(30,31,32,33)34)35-26(40)22-15-38(29-10-17(11-29)12-29)24(39)9-23(22)36-25-20-13-37(14-21(20)25)27(41)42-28(2,3)4/h5-9,15-17,20-21,25,36H,10-14H2,1-4H3,(H,35,40)/t16-,17?,20-,21+,25+,29?/m1/s1. The number of fused-ring (bicyclic) bond motifs is 1. The molecule has 0 radical (unpaired) electrons. The number of ether oxygens (including phenoxy) is 1. The molecule has 2 N–H and O–H groups in total. The number of likely N-dealkylation sites (tertiary alicyclic amines) is 1. The Kier molecular flexibility index (Phi) is 6.00. The van der Waals surface area contributed by atoms with Gasteiger partial charge < -0.3 is 24.8 Å². The van der Waals surface area contributed by atoms with Crippen LogP contribution in [0.4, 0.5) is 29.9 Å². The molecule has 2 aromatic rings. The van der Waals surface area contributed by atoms with Crippen LogP contribution in [0.1, 0.15) is 68.9 Å². The Morgan fingerprint density at radius 1 is 1.05 bits per heavy atom. The number of hydrogen-bond acceptors (Lipinski definition) is 5. The normalized spacial score (nSPS) is 29.7. The molecule has 1 aromatic heterocycles. The molecule has 43 heavy (non-hydrogen) atoms. The van der Waals surface area contributed by atoms with Gasteiger partial charge in [-0.05, 0) is 70.6 Å². The number of nitrogens with one attached hydrogen (secondary N) is 2. The van der Waals surface area contributed by atoms with E-state index in [1.54, 1.807) is 30.2 Å². The fourth-order valence-electron chi connectivity index (χ4n) is 6.71. The largest absolute Gasteiger partial charge is 0.444 e. The van der Waals surface area contributed by atoms with Crippen molar-refractivity contribution in [2.45, 2.75) is 75.1 Å². The van der Waals surface area contributed by atoms with Gasteiger partial charge in [0.1, 0.15) is 10.5 Å². The van der Waals surface area contributed by atoms with Crippen molar-refractivity contribution in [2.24, 2.45) is 17.8 Å². The van der Waals surface area contributed by atoms with Crippen molar-refractivity contribution in [2.75, 3.05) is 18.4 Å². The van der Waals surface area contributed by atoms with Crippen LogP contribution in [0.2, 0.25) is 0 Å². The number of aromatic nitrogens is 1. The van der Waals surface area contributed by atoms with E-state index in [0.717, 1.165) is 25.3 Å². The first-order valence-electron chi connectivity index (χ1n) is 14.3. The summed E-state index contributed by atoms with van der Waals surface area (Å²) in [6.45, 7) is 7.69. The highest BCUT2D eigenvalue weighted by Gasteiger charge is 2.65. The Labute approximate surface area is 245 Å². The van der Waals surface area contributed by atoms with E-state index < -0.39 is 38.8 Å². The van der Waals surface area contributed by atoms with Gasteiger partial charge in [-0.3, -0.25) is 9.59 Å². The smallest absolute Gasteiger partial charge is 0.410 e. The average Bonchev–Trinajstić information content (AvgIpc) is 3.23. The van der Waals surface area contributed by atoms with E-state index in [4.69, 9.17) is 4.74 Å². The van der Waals surface area contributed by atoms with Gasteiger partial charge in [-0.1, -0.05) is 31.6 Å². The summed E-state index contributed by atoms with van der Waals surface area (Å²) in [5.74, 6) is 0.0887. The second-order valence-corrected chi connectivity index (χ2v) is 16.0. The summed E-state index contributed by atoms with van der Waals surface area (Å²) in [5.41, 5.74) is -0.951. The first-order chi connectivity index (χ1) is 19.6. The summed E-state index contributed by atoms with van der Waals surface area (Å²) < 4.78 is 74.1. The van der Waals surface area contributed by atoms with E-state index in [1.165, 1.54) is 25.3 Å². The Morgan fingerprint density at radius 2 is 1.67 bits per heavy atom. The molecule has 4 aliphatic carbocycles. The van der Waals surface area contributed by atoms with Gasteiger partial charge in [0.05, 0.1) is 17.3 Å².